The minimum atomic E-state index is 0.823. The van der Waals surface area contributed by atoms with Gasteiger partial charge in [-0.05, 0) is 51.7 Å². The molecule has 102 valence electrons. The molecular weight excluding hydrogens is 244 g/mol. The number of furan rings is 1. The van der Waals surface area contributed by atoms with Crippen molar-refractivity contribution in [2.45, 2.75) is 37.6 Å². The summed E-state index contributed by atoms with van der Waals surface area (Å²) in [5.74, 6) is 1.09. The number of nitrogens with one attached hydrogen (secondary N) is 1. The number of nitrogens with zero attached hydrogens (tertiary/aromatic N) is 1. The molecule has 0 aliphatic carbocycles. The van der Waals surface area contributed by atoms with Crippen molar-refractivity contribution in [1.82, 2.24) is 10.2 Å². The van der Waals surface area contributed by atoms with Gasteiger partial charge in [-0.2, -0.15) is 11.8 Å². The molecule has 1 unspecified atom stereocenters. The van der Waals surface area contributed by atoms with E-state index in [1.807, 2.05) is 25.1 Å². The molecule has 1 aliphatic rings. The normalized spacial score (nSPS) is 22.0. The molecule has 18 heavy (non-hydrogen) atoms. The molecule has 1 aromatic rings. The maximum absolute atomic E-state index is 5.53. The minimum absolute atomic E-state index is 0.823. The summed E-state index contributed by atoms with van der Waals surface area (Å²) in [5, 5.41) is 4.02. The molecular formula is C14H24N2OS. The third-order valence-corrected chi connectivity index (χ3v) is 4.81. The Hall–Kier alpha value is -0.450. The first-order valence-electron chi connectivity index (χ1n) is 6.78. The SMILES string of the molecule is CNCc1occc1CN1CCCC(SC)CC1. The van der Waals surface area contributed by atoms with Crippen LogP contribution in [0.15, 0.2) is 16.7 Å². The monoisotopic (exact) mass is 268 g/mol. The summed E-state index contributed by atoms with van der Waals surface area (Å²) in [6, 6.07) is 2.11. The highest BCUT2D eigenvalue weighted by atomic mass is 32.2. The summed E-state index contributed by atoms with van der Waals surface area (Å²) in [6.07, 6.45) is 8.06. The van der Waals surface area contributed by atoms with Crippen LogP contribution in [-0.4, -0.2) is 36.5 Å². The molecule has 0 saturated carbocycles. The van der Waals surface area contributed by atoms with Gasteiger partial charge in [0.15, 0.2) is 0 Å². The van der Waals surface area contributed by atoms with Gasteiger partial charge in [0, 0.05) is 17.4 Å². The second-order valence-corrected chi connectivity index (χ2v) is 6.10. The van der Waals surface area contributed by atoms with Crippen molar-refractivity contribution in [1.29, 1.82) is 0 Å². The van der Waals surface area contributed by atoms with E-state index in [0.717, 1.165) is 24.1 Å². The van der Waals surface area contributed by atoms with Crippen LogP contribution in [0.5, 0.6) is 0 Å². The van der Waals surface area contributed by atoms with Crippen LogP contribution in [0.4, 0.5) is 0 Å². The maximum Gasteiger partial charge on any atom is 0.122 e. The number of likely N-dealkylation sites (tertiary alicyclic amines) is 1. The summed E-state index contributed by atoms with van der Waals surface area (Å²) in [7, 11) is 1.96. The van der Waals surface area contributed by atoms with E-state index in [-0.39, 0.29) is 0 Å². The molecule has 0 bridgehead atoms. The largest absolute Gasteiger partial charge is 0.468 e. The molecule has 0 aromatic carbocycles. The first-order valence-corrected chi connectivity index (χ1v) is 8.07. The van der Waals surface area contributed by atoms with Gasteiger partial charge in [0.2, 0.25) is 0 Å². The van der Waals surface area contributed by atoms with Gasteiger partial charge in [-0.3, -0.25) is 4.90 Å². The van der Waals surface area contributed by atoms with E-state index in [9.17, 15) is 0 Å². The Kier molecular flexibility index (Phi) is 5.60. The zero-order valence-corrected chi connectivity index (χ0v) is 12.3. The highest BCUT2D eigenvalue weighted by molar-refractivity contribution is 7.99. The Labute approximate surface area is 114 Å². The van der Waals surface area contributed by atoms with Crippen molar-refractivity contribution in [3.8, 4) is 0 Å². The highest BCUT2D eigenvalue weighted by Crippen LogP contribution is 2.23. The lowest BCUT2D eigenvalue weighted by Gasteiger charge is -2.19. The molecule has 1 aromatic heterocycles. The molecule has 2 rings (SSSR count). The van der Waals surface area contributed by atoms with Crippen molar-refractivity contribution in [2.75, 3.05) is 26.4 Å². The van der Waals surface area contributed by atoms with Gasteiger partial charge < -0.3 is 9.73 Å². The van der Waals surface area contributed by atoms with Crippen molar-refractivity contribution in [3.05, 3.63) is 23.7 Å². The molecule has 1 saturated heterocycles. The third kappa shape index (κ3) is 3.77. The summed E-state index contributed by atoms with van der Waals surface area (Å²) >= 11 is 2.03. The van der Waals surface area contributed by atoms with E-state index in [0.29, 0.717) is 0 Å². The number of rotatable bonds is 5. The predicted molar refractivity (Wildman–Crippen MR) is 77.9 cm³/mol. The van der Waals surface area contributed by atoms with Crippen LogP contribution in [-0.2, 0) is 13.1 Å². The lowest BCUT2D eigenvalue weighted by molar-refractivity contribution is 0.274. The van der Waals surface area contributed by atoms with Crippen LogP contribution in [0.3, 0.4) is 0 Å². The Balaban J connectivity index is 1.90. The fourth-order valence-electron chi connectivity index (χ4n) is 2.58. The van der Waals surface area contributed by atoms with Crippen molar-refractivity contribution in [2.24, 2.45) is 0 Å². The van der Waals surface area contributed by atoms with Crippen molar-refractivity contribution in [3.63, 3.8) is 0 Å². The Bertz CT molecular complexity index is 353. The van der Waals surface area contributed by atoms with Gasteiger partial charge in [0.25, 0.3) is 0 Å². The number of hydrogen-bond donors (Lipinski definition) is 1. The zero-order valence-electron chi connectivity index (χ0n) is 11.4. The molecule has 3 nitrogen and oxygen atoms in total. The van der Waals surface area contributed by atoms with Gasteiger partial charge in [0.05, 0.1) is 12.8 Å². The van der Waals surface area contributed by atoms with Crippen LogP contribution in [0.2, 0.25) is 0 Å². The average Bonchev–Trinajstić information content (AvgIpc) is 2.68. The number of thioether (sulfide) groups is 1. The van der Waals surface area contributed by atoms with Crippen LogP contribution < -0.4 is 5.32 Å². The van der Waals surface area contributed by atoms with Gasteiger partial charge in [-0.25, -0.2) is 0 Å². The van der Waals surface area contributed by atoms with Crippen LogP contribution in [0.25, 0.3) is 0 Å². The highest BCUT2D eigenvalue weighted by Gasteiger charge is 2.17. The van der Waals surface area contributed by atoms with Crippen LogP contribution >= 0.6 is 11.8 Å². The summed E-state index contributed by atoms with van der Waals surface area (Å²) < 4.78 is 5.53. The lowest BCUT2D eigenvalue weighted by Crippen LogP contribution is -2.25. The molecule has 0 spiro atoms. The standard InChI is InChI=1S/C14H24N2OS/c1-15-10-14-12(6-9-17-14)11-16-7-3-4-13(18-2)5-8-16/h6,9,13,15H,3-5,7-8,10-11H2,1-2H3. The summed E-state index contributed by atoms with van der Waals surface area (Å²) in [4.78, 5) is 2.57. The van der Waals surface area contributed by atoms with E-state index in [1.54, 1.807) is 0 Å². The van der Waals surface area contributed by atoms with Crippen molar-refractivity contribution < 1.29 is 4.42 Å². The quantitative estimate of drug-likeness (QED) is 0.889. The Morgan fingerprint density at radius 2 is 2.33 bits per heavy atom. The molecule has 2 heterocycles. The van der Waals surface area contributed by atoms with Crippen molar-refractivity contribution >= 4 is 11.8 Å². The molecule has 0 radical (unpaired) electrons. The molecule has 4 heteroatoms. The minimum Gasteiger partial charge on any atom is -0.468 e. The second kappa shape index (κ2) is 7.22. The first-order chi connectivity index (χ1) is 8.83. The smallest absolute Gasteiger partial charge is 0.122 e. The van der Waals surface area contributed by atoms with Crippen LogP contribution in [0.1, 0.15) is 30.6 Å². The van der Waals surface area contributed by atoms with Gasteiger partial charge in [-0.15, -0.1) is 0 Å². The molecule has 1 aliphatic heterocycles. The summed E-state index contributed by atoms with van der Waals surface area (Å²) in [6.45, 7) is 4.30. The zero-order chi connectivity index (χ0) is 12.8. The second-order valence-electron chi connectivity index (χ2n) is 4.96. The van der Waals surface area contributed by atoms with E-state index < -0.39 is 0 Å². The topological polar surface area (TPSA) is 28.4 Å². The van der Waals surface area contributed by atoms with Gasteiger partial charge >= 0.3 is 0 Å². The molecule has 1 N–H and O–H groups in total. The predicted octanol–water partition coefficient (Wildman–Crippen LogP) is 2.72. The van der Waals surface area contributed by atoms with E-state index >= 15 is 0 Å². The Morgan fingerprint density at radius 1 is 1.44 bits per heavy atom. The van der Waals surface area contributed by atoms with Gasteiger partial charge in [0.1, 0.15) is 5.76 Å². The lowest BCUT2D eigenvalue weighted by atomic mass is 10.2. The molecule has 1 fully saturated rings. The maximum atomic E-state index is 5.53. The third-order valence-electron chi connectivity index (χ3n) is 3.67. The average molecular weight is 268 g/mol. The Morgan fingerprint density at radius 3 is 3.11 bits per heavy atom. The van der Waals surface area contributed by atoms with Crippen LogP contribution in [0, 0.1) is 0 Å². The van der Waals surface area contributed by atoms with Gasteiger partial charge in [-0.1, -0.05) is 0 Å². The van der Waals surface area contributed by atoms with E-state index in [1.165, 1.54) is 37.9 Å². The first kappa shape index (κ1) is 14.0. The number of hydrogen-bond acceptors (Lipinski definition) is 4. The molecule has 1 atom stereocenters. The van der Waals surface area contributed by atoms with E-state index in [2.05, 4.69) is 22.5 Å². The van der Waals surface area contributed by atoms with E-state index in [4.69, 9.17) is 4.42 Å². The molecule has 0 amide bonds. The fraction of sp³-hybridized carbons (Fsp3) is 0.714. The summed E-state index contributed by atoms with van der Waals surface area (Å²) in [5.41, 5.74) is 1.34. The fourth-order valence-corrected chi connectivity index (χ4v) is 3.33.